The summed E-state index contributed by atoms with van der Waals surface area (Å²) in [4.78, 5) is 4.42. The maximum Gasteiger partial charge on any atom is 0.191 e. The van der Waals surface area contributed by atoms with Gasteiger partial charge >= 0.3 is 0 Å². The first-order chi connectivity index (χ1) is 9.01. The second kappa shape index (κ2) is 5.51. The first kappa shape index (κ1) is 13.7. The molecule has 2 N–H and O–H groups in total. The van der Waals surface area contributed by atoms with E-state index in [0.29, 0.717) is 6.04 Å². The van der Waals surface area contributed by atoms with E-state index < -0.39 is 0 Å². The first-order valence-corrected chi connectivity index (χ1v) is 6.70. The summed E-state index contributed by atoms with van der Waals surface area (Å²) in [6.07, 6.45) is 0. The zero-order valence-corrected chi connectivity index (χ0v) is 12.2. The van der Waals surface area contributed by atoms with Crippen molar-refractivity contribution in [3.8, 4) is 5.75 Å². The van der Waals surface area contributed by atoms with Crippen molar-refractivity contribution in [3.05, 3.63) is 29.8 Å². The van der Waals surface area contributed by atoms with Gasteiger partial charge in [0, 0.05) is 18.0 Å². The van der Waals surface area contributed by atoms with Crippen LogP contribution in [0.2, 0.25) is 0 Å². The second-order valence-electron chi connectivity index (χ2n) is 5.70. The molecule has 4 nitrogen and oxygen atoms in total. The molecule has 2 rings (SSSR count). The third kappa shape index (κ3) is 3.40. The third-order valence-electron chi connectivity index (χ3n) is 3.46. The normalized spacial score (nSPS) is 18.7. The highest BCUT2D eigenvalue weighted by Gasteiger charge is 2.22. The molecule has 0 amide bonds. The highest BCUT2D eigenvalue weighted by atomic mass is 16.5. The van der Waals surface area contributed by atoms with E-state index in [-0.39, 0.29) is 5.41 Å². The van der Waals surface area contributed by atoms with E-state index in [0.717, 1.165) is 24.8 Å². The minimum Gasteiger partial charge on any atom is -0.497 e. The van der Waals surface area contributed by atoms with Crippen molar-refractivity contribution in [1.82, 2.24) is 10.6 Å². The van der Waals surface area contributed by atoms with E-state index in [1.54, 1.807) is 7.11 Å². The molecule has 0 radical (unpaired) electrons. The van der Waals surface area contributed by atoms with Crippen molar-refractivity contribution in [3.63, 3.8) is 0 Å². The topological polar surface area (TPSA) is 45.6 Å². The molecule has 1 aliphatic heterocycles. The van der Waals surface area contributed by atoms with Crippen molar-refractivity contribution >= 4 is 5.96 Å². The molecule has 0 spiro atoms. The average Bonchev–Trinajstić information content (AvgIpc) is 2.82. The maximum atomic E-state index is 5.29. The molecule has 104 valence electrons. The number of hydrogen-bond acceptors (Lipinski definition) is 4. The molecule has 1 unspecified atom stereocenters. The van der Waals surface area contributed by atoms with Gasteiger partial charge in [-0.15, -0.1) is 0 Å². The van der Waals surface area contributed by atoms with Crippen molar-refractivity contribution in [2.24, 2.45) is 4.99 Å². The summed E-state index contributed by atoms with van der Waals surface area (Å²) in [6.45, 7) is 8.24. The fourth-order valence-electron chi connectivity index (χ4n) is 2.11. The average molecular weight is 261 g/mol. The van der Waals surface area contributed by atoms with E-state index in [1.807, 2.05) is 12.1 Å². The number of guanidine groups is 1. The van der Waals surface area contributed by atoms with Gasteiger partial charge in [0.15, 0.2) is 5.96 Å². The lowest BCUT2D eigenvalue weighted by atomic mass is 9.84. The Morgan fingerprint density at radius 3 is 2.89 bits per heavy atom. The van der Waals surface area contributed by atoms with Crippen LogP contribution in [0.4, 0.5) is 0 Å². The van der Waals surface area contributed by atoms with Crippen LogP contribution in [0.1, 0.15) is 26.3 Å². The molecule has 4 heteroatoms. The summed E-state index contributed by atoms with van der Waals surface area (Å²) in [6, 6.07) is 8.66. The fourth-order valence-corrected chi connectivity index (χ4v) is 2.11. The van der Waals surface area contributed by atoms with Gasteiger partial charge in [0.2, 0.25) is 0 Å². The maximum absolute atomic E-state index is 5.29. The molecule has 19 heavy (non-hydrogen) atoms. The molecule has 1 aromatic rings. The lowest BCUT2D eigenvalue weighted by Crippen LogP contribution is -2.43. The minimum atomic E-state index is 0.0184. The van der Waals surface area contributed by atoms with Gasteiger partial charge in [0.25, 0.3) is 0 Å². The van der Waals surface area contributed by atoms with Crippen LogP contribution in [-0.2, 0) is 5.41 Å². The first-order valence-electron chi connectivity index (χ1n) is 6.70. The lowest BCUT2D eigenvalue weighted by molar-refractivity contribution is 0.411. The molecule has 0 bridgehead atoms. The van der Waals surface area contributed by atoms with E-state index in [1.165, 1.54) is 5.56 Å². The number of nitrogens with one attached hydrogen (secondary N) is 2. The van der Waals surface area contributed by atoms with Gasteiger partial charge in [-0.05, 0) is 24.6 Å². The number of hydrogen-bond donors (Lipinski definition) is 2. The van der Waals surface area contributed by atoms with Crippen molar-refractivity contribution in [2.75, 3.05) is 20.2 Å². The molecule has 1 heterocycles. The summed E-state index contributed by atoms with van der Waals surface area (Å²) in [5.74, 6) is 1.80. The van der Waals surface area contributed by atoms with Crippen molar-refractivity contribution < 1.29 is 4.74 Å². The Morgan fingerprint density at radius 2 is 2.26 bits per heavy atom. The summed E-state index contributed by atoms with van der Waals surface area (Å²) in [5, 5.41) is 6.70. The monoisotopic (exact) mass is 261 g/mol. The molecule has 1 aliphatic rings. The quantitative estimate of drug-likeness (QED) is 0.870. The molecule has 0 aromatic heterocycles. The van der Waals surface area contributed by atoms with Crippen molar-refractivity contribution in [2.45, 2.75) is 32.2 Å². The van der Waals surface area contributed by atoms with Crippen LogP contribution in [0.25, 0.3) is 0 Å². The third-order valence-corrected chi connectivity index (χ3v) is 3.46. The van der Waals surface area contributed by atoms with Gasteiger partial charge in [-0.25, -0.2) is 0 Å². The number of rotatable bonds is 4. The number of nitrogens with zero attached hydrogens (tertiary/aromatic N) is 1. The van der Waals surface area contributed by atoms with Gasteiger partial charge in [0.1, 0.15) is 5.75 Å². The van der Waals surface area contributed by atoms with Gasteiger partial charge in [-0.3, -0.25) is 4.99 Å². The van der Waals surface area contributed by atoms with E-state index in [4.69, 9.17) is 4.74 Å². The molecular formula is C15H23N3O. The molecule has 1 aromatic carbocycles. The number of methoxy groups -OCH3 is 1. The smallest absolute Gasteiger partial charge is 0.191 e. The SMILES string of the molecule is COc1cccc(C(C)(C)CNC2=NCC(C)N2)c1. The van der Waals surface area contributed by atoms with Crippen LogP contribution in [0.5, 0.6) is 5.75 Å². The number of benzene rings is 1. The largest absolute Gasteiger partial charge is 0.497 e. The molecule has 0 saturated heterocycles. The Balaban J connectivity index is 2.00. The van der Waals surface area contributed by atoms with Crippen LogP contribution in [0, 0.1) is 0 Å². The fraction of sp³-hybridized carbons (Fsp3) is 0.533. The Bertz CT molecular complexity index is 468. The molecule has 0 fully saturated rings. The van der Waals surface area contributed by atoms with Crippen LogP contribution in [0.15, 0.2) is 29.3 Å². The van der Waals surface area contributed by atoms with Gasteiger partial charge in [0.05, 0.1) is 13.7 Å². The van der Waals surface area contributed by atoms with Gasteiger partial charge in [-0.1, -0.05) is 26.0 Å². The summed E-state index contributed by atoms with van der Waals surface area (Å²) >= 11 is 0. The summed E-state index contributed by atoms with van der Waals surface area (Å²) < 4.78 is 5.29. The van der Waals surface area contributed by atoms with Crippen LogP contribution in [-0.4, -0.2) is 32.2 Å². The molecular weight excluding hydrogens is 238 g/mol. The highest BCUT2D eigenvalue weighted by molar-refractivity contribution is 5.81. The molecule has 1 atom stereocenters. The van der Waals surface area contributed by atoms with Crippen LogP contribution < -0.4 is 15.4 Å². The van der Waals surface area contributed by atoms with Crippen LogP contribution >= 0.6 is 0 Å². The summed E-state index contributed by atoms with van der Waals surface area (Å²) in [7, 11) is 1.70. The van der Waals surface area contributed by atoms with E-state index >= 15 is 0 Å². The van der Waals surface area contributed by atoms with Gasteiger partial charge in [-0.2, -0.15) is 0 Å². The zero-order valence-electron chi connectivity index (χ0n) is 12.2. The highest BCUT2D eigenvalue weighted by Crippen LogP contribution is 2.25. The predicted octanol–water partition coefficient (Wildman–Crippen LogP) is 1.91. The molecule has 0 saturated carbocycles. The zero-order chi connectivity index (χ0) is 13.9. The lowest BCUT2D eigenvalue weighted by Gasteiger charge is -2.26. The molecule has 0 aliphatic carbocycles. The Morgan fingerprint density at radius 1 is 1.47 bits per heavy atom. The summed E-state index contributed by atoms with van der Waals surface area (Å²) in [5.41, 5.74) is 1.27. The number of ether oxygens (including phenoxy) is 1. The predicted molar refractivity (Wildman–Crippen MR) is 78.9 cm³/mol. The Hall–Kier alpha value is -1.71. The Labute approximate surface area is 115 Å². The van der Waals surface area contributed by atoms with Crippen LogP contribution in [0.3, 0.4) is 0 Å². The number of aliphatic imine (C=N–C) groups is 1. The standard InChI is InChI=1S/C15H23N3O/c1-11-9-16-14(18-11)17-10-15(2,3)12-6-5-7-13(8-12)19-4/h5-8,11H,9-10H2,1-4H3,(H2,16,17,18). The van der Waals surface area contributed by atoms with Gasteiger partial charge < -0.3 is 15.4 Å². The van der Waals surface area contributed by atoms with Crippen molar-refractivity contribution in [1.29, 1.82) is 0 Å². The van der Waals surface area contributed by atoms with E-state index in [9.17, 15) is 0 Å². The minimum absolute atomic E-state index is 0.0184. The second-order valence-corrected chi connectivity index (χ2v) is 5.70. The van der Waals surface area contributed by atoms with E-state index in [2.05, 4.69) is 48.5 Å². The Kier molecular flexibility index (Phi) is 3.98.